The second kappa shape index (κ2) is 12.2. The highest BCUT2D eigenvalue weighted by atomic mass is 16.5. The van der Waals surface area contributed by atoms with Crippen molar-refractivity contribution in [3.05, 3.63) is 29.8 Å². The average molecular weight is 395 g/mol. The molecule has 0 aromatic heterocycles. The number of amides is 2. The predicted molar refractivity (Wildman–Crippen MR) is 103 cm³/mol. The van der Waals surface area contributed by atoms with Gasteiger partial charge in [-0.3, -0.25) is 4.79 Å². The lowest BCUT2D eigenvalue weighted by atomic mass is 10.1. The van der Waals surface area contributed by atoms with Crippen molar-refractivity contribution in [3.8, 4) is 5.75 Å². The molecule has 0 bridgehead atoms. The second-order valence-corrected chi connectivity index (χ2v) is 6.54. The summed E-state index contributed by atoms with van der Waals surface area (Å²) in [6.45, 7) is 3.87. The number of morpholine rings is 1. The number of hydrogen-bond donors (Lipinski definition) is 4. The molecule has 0 aliphatic carbocycles. The van der Waals surface area contributed by atoms with Gasteiger partial charge in [0, 0.05) is 39.1 Å². The third kappa shape index (κ3) is 8.55. The van der Waals surface area contributed by atoms with E-state index in [4.69, 9.17) is 14.6 Å². The van der Waals surface area contributed by atoms with Crippen LogP contribution in [0.4, 0.5) is 4.79 Å². The fourth-order valence-electron chi connectivity index (χ4n) is 2.66. The maximum absolute atomic E-state index is 11.9. The van der Waals surface area contributed by atoms with Crippen molar-refractivity contribution in [1.82, 2.24) is 15.5 Å². The monoisotopic (exact) mass is 395 g/mol. The number of carboxylic acid groups (broad SMARTS) is 1. The number of rotatable bonds is 11. The highest BCUT2D eigenvalue weighted by Gasteiger charge is 2.15. The second-order valence-electron chi connectivity index (χ2n) is 6.54. The molecule has 1 aromatic rings. The number of aryl methyl sites for hydroxylation is 1. The van der Waals surface area contributed by atoms with Crippen LogP contribution >= 0.6 is 0 Å². The summed E-state index contributed by atoms with van der Waals surface area (Å²) < 4.78 is 10.7. The first kappa shape index (κ1) is 21.9. The molecule has 0 radical (unpaired) electrons. The Morgan fingerprint density at radius 1 is 1.18 bits per heavy atom. The van der Waals surface area contributed by atoms with Crippen molar-refractivity contribution in [3.63, 3.8) is 0 Å². The summed E-state index contributed by atoms with van der Waals surface area (Å²) in [5.74, 6) is -0.201. The standard InChI is InChI=1S/C19H29N3O6/c23-16(13-20-7-8-21-19(26)22-9-11-27-12-10-22)14-28-17-4-1-15(2-5-17)3-6-18(24)25/h1-2,4-5,16,20,23H,3,6-14H2,(H,21,26)(H,24,25). The number of carboxylic acids is 1. The highest BCUT2D eigenvalue weighted by molar-refractivity contribution is 5.74. The third-order valence-electron chi connectivity index (χ3n) is 4.25. The molecule has 9 nitrogen and oxygen atoms in total. The van der Waals surface area contributed by atoms with E-state index in [0.717, 1.165) is 5.56 Å². The van der Waals surface area contributed by atoms with Gasteiger partial charge >= 0.3 is 12.0 Å². The van der Waals surface area contributed by atoms with Crippen molar-refractivity contribution in [2.75, 3.05) is 52.5 Å². The minimum absolute atomic E-state index is 0.0947. The first-order chi connectivity index (χ1) is 13.5. The van der Waals surface area contributed by atoms with Crippen molar-refractivity contribution in [1.29, 1.82) is 0 Å². The van der Waals surface area contributed by atoms with Crippen LogP contribution in [0.1, 0.15) is 12.0 Å². The van der Waals surface area contributed by atoms with E-state index in [0.29, 0.717) is 58.1 Å². The summed E-state index contributed by atoms with van der Waals surface area (Å²) in [6.07, 6.45) is -0.108. The van der Waals surface area contributed by atoms with E-state index in [9.17, 15) is 14.7 Å². The first-order valence-corrected chi connectivity index (χ1v) is 9.47. The van der Waals surface area contributed by atoms with Crippen LogP contribution in [-0.4, -0.2) is 85.8 Å². The molecule has 1 atom stereocenters. The van der Waals surface area contributed by atoms with E-state index < -0.39 is 12.1 Å². The molecule has 1 aliphatic heterocycles. The molecule has 4 N–H and O–H groups in total. The smallest absolute Gasteiger partial charge is 0.317 e. The normalized spacial score (nSPS) is 15.1. The van der Waals surface area contributed by atoms with Gasteiger partial charge in [-0.1, -0.05) is 12.1 Å². The van der Waals surface area contributed by atoms with E-state index >= 15 is 0 Å². The van der Waals surface area contributed by atoms with E-state index in [1.165, 1.54) is 0 Å². The van der Waals surface area contributed by atoms with Gasteiger partial charge in [0.15, 0.2) is 0 Å². The zero-order chi connectivity index (χ0) is 20.2. The SMILES string of the molecule is O=C(O)CCc1ccc(OCC(O)CNCCNC(=O)N2CCOCC2)cc1. The number of carbonyl (C=O) groups excluding carboxylic acids is 1. The Balaban J connectivity index is 1.53. The molecule has 156 valence electrons. The number of carbonyl (C=O) groups is 2. The maximum atomic E-state index is 11.9. The van der Waals surface area contributed by atoms with Crippen molar-refractivity contribution in [2.24, 2.45) is 0 Å². The summed E-state index contributed by atoms with van der Waals surface area (Å²) in [7, 11) is 0. The van der Waals surface area contributed by atoms with E-state index in [1.807, 2.05) is 12.1 Å². The summed E-state index contributed by atoms with van der Waals surface area (Å²) in [6, 6.07) is 7.07. The van der Waals surface area contributed by atoms with Crippen LogP contribution in [0.3, 0.4) is 0 Å². The third-order valence-corrected chi connectivity index (χ3v) is 4.25. The zero-order valence-electron chi connectivity index (χ0n) is 15.9. The minimum Gasteiger partial charge on any atom is -0.491 e. The maximum Gasteiger partial charge on any atom is 0.317 e. The molecule has 1 aliphatic rings. The quantitative estimate of drug-likeness (QED) is 0.392. The zero-order valence-corrected chi connectivity index (χ0v) is 15.9. The molecule has 2 amide bonds. The minimum atomic E-state index is -0.823. The number of nitrogens with zero attached hydrogens (tertiary/aromatic N) is 1. The molecule has 1 heterocycles. The molecule has 9 heteroatoms. The molecule has 1 unspecified atom stereocenters. The van der Waals surface area contributed by atoms with Crippen LogP contribution in [0.15, 0.2) is 24.3 Å². The topological polar surface area (TPSA) is 120 Å². The molecular formula is C19H29N3O6. The lowest BCUT2D eigenvalue weighted by Crippen LogP contribution is -2.47. The number of aliphatic carboxylic acids is 1. The van der Waals surface area contributed by atoms with Gasteiger partial charge in [0.1, 0.15) is 18.5 Å². The van der Waals surface area contributed by atoms with Crippen LogP contribution in [0.25, 0.3) is 0 Å². The number of benzene rings is 1. The Hall–Kier alpha value is -2.36. The molecule has 0 spiro atoms. The Bertz CT molecular complexity index is 604. The average Bonchev–Trinajstić information content (AvgIpc) is 2.71. The Morgan fingerprint density at radius 2 is 1.89 bits per heavy atom. The Morgan fingerprint density at radius 3 is 2.57 bits per heavy atom. The van der Waals surface area contributed by atoms with Gasteiger partial charge in [0.25, 0.3) is 0 Å². The van der Waals surface area contributed by atoms with Crippen LogP contribution in [0.2, 0.25) is 0 Å². The fourth-order valence-corrected chi connectivity index (χ4v) is 2.66. The van der Waals surface area contributed by atoms with E-state index in [-0.39, 0.29) is 19.1 Å². The molecule has 0 saturated carbocycles. The van der Waals surface area contributed by atoms with Gasteiger partial charge in [-0.15, -0.1) is 0 Å². The van der Waals surface area contributed by atoms with E-state index in [1.54, 1.807) is 17.0 Å². The fraction of sp³-hybridized carbons (Fsp3) is 0.579. The van der Waals surface area contributed by atoms with Gasteiger partial charge in [-0.05, 0) is 24.1 Å². The number of urea groups is 1. The summed E-state index contributed by atoms with van der Waals surface area (Å²) in [5.41, 5.74) is 0.927. The van der Waals surface area contributed by atoms with Gasteiger partial charge in [0.05, 0.1) is 13.2 Å². The van der Waals surface area contributed by atoms with Gasteiger partial charge < -0.3 is 35.2 Å². The highest BCUT2D eigenvalue weighted by Crippen LogP contribution is 2.13. The molecule has 1 saturated heterocycles. The molecular weight excluding hydrogens is 366 g/mol. The molecule has 2 rings (SSSR count). The number of ether oxygens (including phenoxy) is 2. The van der Waals surface area contributed by atoms with Gasteiger partial charge in [-0.25, -0.2) is 4.79 Å². The summed E-state index contributed by atoms with van der Waals surface area (Å²) in [4.78, 5) is 24.2. The predicted octanol–water partition coefficient (Wildman–Crippen LogP) is 0.0749. The Kier molecular flexibility index (Phi) is 9.53. The first-order valence-electron chi connectivity index (χ1n) is 9.47. The van der Waals surface area contributed by atoms with E-state index in [2.05, 4.69) is 10.6 Å². The number of hydrogen-bond acceptors (Lipinski definition) is 6. The summed E-state index contributed by atoms with van der Waals surface area (Å²) in [5, 5.41) is 24.5. The van der Waals surface area contributed by atoms with Crippen molar-refractivity contribution < 1.29 is 29.3 Å². The van der Waals surface area contributed by atoms with Crippen LogP contribution in [0.5, 0.6) is 5.75 Å². The molecule has 28 heavy (non-hydrogen) atoms. The van der Waals surface area contributed by atoms with Crippen LogP contribution in [0, 0.1) is 0 Å². The number of nitrogens with one attached hydrogen (secondary N) is 2. The van der Waals surface area contributed by atoms with Gasteiger partial charge in [-0.2, -0.15) is 0 Å². The Labute approximate surface area is 164 Å². The largest absolute Gasteiger partial charge is 0.491 e. The number of aliphatic hydroxyl groups is 1. The van der Waals surface area contributed by atoms with Crippen molar-refractivity contribution in [2.45, 2.75) is 18.9 Å². The number of aliphatic hydroxyl groups excluding tert-OH is 1. The van der Waals surface area contributed by atoms with Crippen LogP contribution in [-0.2, 0) is 16.0 Å². The van der Waals surface area contributed by atoms with Crippen molar-refractivity contribution >= 4 is 12.0 Å². The van der Waals surface area contributed by atoms with Gasteiger partial charge in [0.2, 0.25) is 0 Å². The summed E-state index contributed by atoms with van der Waals surface area (Å²) >= 11 is 0. The van der Waals surface area contributed by atoms with Crippen LogP contribution < -0.4 is 15.4 Å². The lowest BCUT2D eigenvalue weighted by Gasteiger charge is -2.27. The molecule has 1 aromatic carbocycles. The lowest BCUT2D eigenvalue weighted by molar-refractivity contribution is -0.136. The molecule has 1 fully saturated rings.